The van der Waals surface area contributed by atoms with Gasteiger partial charge in [0, 0.05) is 64.8 Å². The van der Waals surface area contributed by atoms with Crippen molar-refractivity contribution in [1.82, 2.24) is 25.0 Å². The van der Waals surface area contributed by atoms with Gasteiger partial charge in [0.05, 0.1) is 61.9 Å². The van der Waals surface area contributed by atoms with E-state index in [4.69, 9.17) is 19.9 Å². The Balaban J connectivity index is 1.77. The molecule has 13 nitrogen and oxygen atoms in total. The third-order valence-electron chi connectivity index (χ3n) is 12.4. The number of likely N-dealkylation sites (N-methyl/N-ethyl adjacent to an activating group) is 2. The number of aromatic nitrogens is 1. The van der Waals surface area contributed by atoms with Crippen LogP contribution in [0.15, 0.2) is 41.9 Å². The maximum atomic E-state index is 14.5. The minimum atomic E-state index is -0.604. The van der Waals surface area contributed by atoms with Gasteiger partial charge in [0.2, 0.25) is 17.7 Å². The number of nitrogens with two attached hydrogens (primary N) is 1. The van der Waals surface area contributed by atoms with Gasteiger partial charge in [-0.05, 0) is 49.6 Å². The average Bonchev–Trinajstić information content (AvgIpc) is 3.95. The van der Waals surface area contributed by atoms with Crippen molar-refractivity contribution >= 4 is 34.8 Å². The van der Waals surface area contributed by atoms with Crippen molar-refractivity contribution in [3.63, 3.8) is 0 Å². The van der Waals surface area contributed by atoms with Gasteiger partial charge in [-0.2, -0.15) is 0 Å². The van der Waals surface area contributed by atoms with Crippen molar-refractivity contribution in [1.29, 1.82) is 0 Å². The van der Waals surface area contributed by atoms with E-state index in [9.17, 15) is 19.2 Å². The maximum absolute atomic E-state index is 14.5. The van der Waals surface area contributed by atoms with Crippen molar-refractivity contribution in [2.24, 2.45) is 35.3 Å². The Bertz CT molecular complexity index is 1580. The van der Waals surface area contributed by atoms with E-state index in [0.717, 1.165) is 23.4 Å². The highest BCUT2D eigenvalue weighted by Gasteiger charge is 2.43. The van der Waals surface area contributed by atoms with Crippen LogP contribution in [0.1, 0.15) is 97.2 Å². The summed E-state index contributed by atoms with van der Waals surface area (Å²) in [6.45, 7) is 16.5. The lowest BCUT2D eigenvalue weighted by Crippen LogP contribution is -2.54. The molecular formula is C46H76N6O7S. The van der Waals surface area contributed by atoms with Crippen LogP contribution >= 0.6 is 11.3 Å². The second-order valence-electron chi connectivity index (χ2n) is 17.3. The van der Waals surface area contributed by atoms with Crippen molar-refractivity contribution in [3.8, 4) is 0 Å². The lowest BCUT2D eigenvalue weighted by Gasteiger charge is -2.41. The van der Waals surface area contributed by atoms with Crippen LogP contribution in [-0.2, 0) is 39.8 Å². The molecule has 1 aromatic heterocycles. The molecule has 1 saturated heterocycles. The largest absolute Gasteiger partial charge is 0.379 e. The minimum Gasteiger partial charge on any atom is -0.379 e. The Labute approximate surface area is 364 Å². The van der Waals surface area contributed by atoms with Gasteiger partial charge in [0.15, 0.2) is 5.78 Å². The first-order valence-electron chi connectivity index (χ1n) is 22.0. The van der Waals surface area contributed by atoms with E-state index in [1.54, 1.807) is 32.4 Å². The predicted molar refractivity (Wildman–Crippen MR) is 238 cm³/mol. The highest BCUT2D eigenvalue weighted by atomic mass is 32.1. The number of Topliss-reactive ketones (excluding diaryl/α,β-unsaturated/α-hetero) is 1. The summed E-state index contributed by atoms with van der Waals surface area (Å²) in [6.07, 6.45) is 3.59. The van der Waals surface area contributed by atoms with E-state index in [0.29, 0.717) is 45.7 Å². The standard InChI is InChI=1S/C46H76N6O7S/c1-12-32(6)42(51(9)46(56)35(30(2)3)28-38(53)41(31(4)5)50(8)23-25-59-24-20-47)39(57-10)29-40(54)52-22-16-19-37(52)43(58-11)33(7)44(55)49-36(45-48-21-26-60-45)27-34-17-14-13-15-18-34/h13-15,17-18,21,26,30-33,35-37,39,41-43H,12,16,19-20,22-25,27-29,47H2,1-11H3,(H,49,55)/t32-,33+,35-,36-,37-,39+,41-,42-,43+/m0/s1. The van der Waals surface area contributed by atoms with Crippen molar-refractivity contribution < 1.29 is 33.4 Å². The van der Waals surface area contributed by atoms with Crippen LogP contribution in [0.4, 0.5) is 0 Å². The van der Waals surface area contributed by atoms with Gasteiger partial charge >= 0.3 is 0 Å². The molecule has 2 aromatic rings. The Hall–Kier alpha value is -3.27. The van der Waals surface area contributed by atoms with Gasteiger partial charge in [0.25, 0.3) is 0 Å². The number of carbonyl (C=O) groups excluding carboxylic acids is 4. The Morgan fingerprint density at radius 1 is 0.983 bits per heavy atom. The van der Waals surface area contributed by atoms with E-state index < -0.39 is 30.1 Å². The van der Waals surface area contributed by atoms with Gasteiger partial charge < -0.3 is 35.1 Å². The van der Waals surface area contributed by atoms with Crippen LogP contribution in [-0.4, -0.2) is 135 Å². The van der Waals surface area contributed by atoms with Gasteiger partial charge in [-0.3, -0.25) is 24.1 Å². The number of carbonyl (C=O) groups is 4. The number of thiazole rings is 1. The molecule has 0 saturated carbocycles. The molecule has 0 unspecified atom stereocenters. The fourth-order valence-corrected chi connectivity index (χ4v) is 9.62. The fraction of sp³-hybridized carbons (Fsp3) is 0.717. The number of nitrogens with zero attached hydrogens (tertiary/aromatic N) is 4. The summed E-state index contributed by atoms with van der Waals surface area (Å²) in [5, 5.41) is 5.98. The monoisotopic (exact) mass is 857 g/mol. The van der Waals surface area contributed by atoms with Crippen LogP contribution in [0, 0.1) is 29.6 Å². The zero-order valence-corrected chi connectivity index (χ0v) is 39.1. The quantitative estimate of drug-likeness (QED) is 0.108. The predicted octanol–water partition coefficient (Wildman–Crippen LogP) is 5.63. The van der Waals surface area contributed by atoms with Crippen LogP contribution in [0.3, 0.4) is 0 Å². The SMILES string of the molecule is CC[C@H](C)[C@@H]([C@@H](CC(=O)N1CCC[C@H]1[C@H](OC)[C@@H](C)C(=O)N[C@@H](Cc1ccccc1)c1nccs1)OC)N(C)C(=O)[C@@H](CC(=O)[C@H](C(C)C)N(C)CCOCCN)C(C)C. The summed E-state index contributed by atoms with van der Waals surface area (Å²) in [4.78, 5) is 67.0. The van der Waals surface area contributed by atoms with Crippen LogP contribution < -0.4 is 11.1 Å². The van der Waals surface area contributed by atoms with Crippen molar-refractivity contribution in [3.05, 3.63) is 52.5 Å². The molecule has 1 aliphatic heterocycles. The van der Waals surface area contributed by atoms with Crippen LogP contribution in [0.5, 0.6) is 0 Å². The highest BCUT2D eigenvalue weighted by molar-refractivity contribution is 7.09. The van der Waals surface area contributed by atoms with Crippen molar-refractivity contribution in [2.75, 3.05) is 61.2 Å². The molecular weight excluding hydrogens is 781 g/mol. The molecule has 3 amide bonds. The number of methoxy groups -OCH3 is 2. The topological polar surface area (TPSA) is 157 Å². The van der Waals surface area contributed by atoms with E-state index >= 15 is 0 Å². The normalized spacial score (nSPS) is 18.5. The first-order valence-corrected chi connectivity index (χ1v) is 22.9. The Morgan fingerprint density at radius 3 is 2.25 bits per heavy atom. The van der Waals surface area contributed by atoms with Gasteiger partial charge in [-0.15, -0.1) is 11.3 Å². The second kappa shape index (κ2) is 25.6. The molecule has 0 spiro atoms. The van der Waals surface area contributed by atoms with E-state index in [1.807, 2.05) is 87.2 Å². The second-order valence-corrected chi connectivity index (χ2v) is 18.2. The Kier molecular flexibility index (Phi) is 21.8. The zero-order chi connectivity index (χ0) is 44.5. The Morgan fingerprint density at radius 2 is 1.68 bits per heavy atom. The summed E-state index contributed by atoms with van der Waals surface area (Å²) in [6, 6.07) is 8.61. The molecule has 2 heterocycles. The molecule has 14 heteroatoms. The number of benzene rings is 1. The molecule has 1 aromatic carbocycles. The molecule has 1 aliphatic rings. The summed E-state index contributed by atoms with van der Waals surface area (Å²) in [7, 11) is 6.90. The molecule has 0 aliphatic carbocycles. The fourth-order valence-electron chi connectivity index (χ4n) is 8.93. The average molecular weight is 857 g/mol. The number of nitrogens with one attached hydrogen (secondary N) is 1. The summed E-state index contributed by atoms with van der Waals surface area (Å²) in [5.74, 6) is -1.54. The number of ether oxygens (including phenoxy) is 3. The zero-order valence-electron chi connectivity index (χ0n) is 38.3. The molecule has 3 rings (SSSR count). The number of ketones is 1. The maximum Gasteiger partial charge on any atom is 0.226 e. The summed E-state index contributed by atoms with van der Waals surface area (Å²) in [5.41, 5.74) is 6.67. The molecule has 3 N–H and O–H groups in total. The smallest absolute Gasteiger partial charge is 0.226 e. The van der Waals surface area contributed by atoms with Gasteiger partial charge in [-0.1, -0.05) is 85.2 Å². The molecule has 1 fully saturated rings. The first-order chi connectivity index (χ1) is 28.6. The number of amides is 3. The lowest BCUT2D eigenvalue weighted by molar-refractivity contribution is -0.149. The number of rotatable bonds is 27. The number of likely N-dealkylation sites (tertiary alicyclic amines) is 1. The van der Waals surface area contributed by atoms with Crippen molar-refractivity contribution in [2.45, 2.75) is 123 Å². The van der Waals surface area contributed by atoms with E-state index in [-0.39, 0.29) is 72.2 Å². The van der Waals surface area contributed by atoms with E-state index in [2.05, 4.69) is 24.1 Å². The third-order valence-corrected chi connectivity index (χ3v) is 13.3. The third kappa shape index (κ3) is 14.1. The molecule has 60 heavy (non-hydrogen) atoms. The number of hydrogen-bond acceptors (Lipinski definition) is 11. The molecule has 9 atom stereocenters. The van der Waals surface area contributed by atoms with E-state index in [1.165, 1.54) is 11.3 Å². The lowest BCUT2D eigenvalue weighted by atomic mass is 9.83. The number of hydrogen-bond donors (Lipinski definition) is 2. The van der Waals surface area contributed by atoms with Crippen LogP contribution in [0.2, 0.25) is 0 Å². The van der Waals surface area contributed by atoms with Gasteiger partial charge in [-0.25, -0.2) is 4.98 Å². The minimum absolute atomic E-state index is 0.00485. The molecule has 0 bridgehead atoms. The summed E-state index contributed by atoms with van der Waals surface area (Å²) >= 11 is 1.51. The molecule has 0 radical (unpaired) electrons. The van der Waals surface area contributed by atoms with Crippen LogP contribution in [0.25, 0.3) is 0 Å². The molecule has 338 valence electrons. The first kappa shape index (κ1) is 51.1. The van der Waals surface area contributed by atoms with Gasteiger partial charge in [0.1, 0.15) is 5.01 Å². The summed E-state index contributed by atoms with van der Waals surface area (Å²) < 4.78 is 17.8. The highest BCUT2D eigenvalue weighted by Crippen LogP contribution is 2.32.